The summed E-state index contributed by atoms with van der Waals surface area (Å²) >= 11 is 0. The molecule has 0 aliphatic carbocycles. The highest BCUT2D eigenvalue weighted by Gasteiger charge is 2.20. The van der Waals surface area contributed by atoms with Gasteiger partial charge >= 0.3 is 0 Å². The van der Waals surface area contributed by atoms with Crippen LogP contribution in [0.2, 0.25) is 0 Å². The Morgan fingerprint density at radius 3 is 2.88 bits per heavy atom. The van der Waals surface area contributed by atoms with Crippen LogP contribution in [0.4, 0.5) is 11.4 Å². The Balaban J connectivity index is 2.29. The molecule has 0 radical (unpaired) electrons. The van der Waals surface area contributed by atoms with E-state index < -0.39 is 0 Å². The van der Waals surface area contributed by atoms with Crippen LogP contribution in [0.15, 0.2) is 11.0 Å². The topological polar surface area (TPSA) is 88.7 Å². The highest BCUT2D eigenvalue weighted by atomic mass is 16.5. The van der Waals surface area contributed by atoms with Crippen LogP contribution in [-0.2, 0) is 11.3 Å². The third-order valence-electron chi connectivity index (χ3n) is 3.90. The Morgan fingerprint density at radius 1 is 1.46 bits per heavy atom. The number of methoxy groups -OCH3 is 1. The molecule has 8 heteroatoms. The van der Waals surface area contributed by atoms with Crippen molar-refractivity contribution < 1.29 is 4.74 Å². The van der Waals surface area contributed by atoms with Crippen LogP contribution in [0.3, 0.4) is 0 Å². The average Bonchev–Trinajstić information content (AvgIpc) is 2.60. The van der Waals surface area contributed by atoms with Crippen molar-refractivity contribution in [2.75, 3.05) is 63.7 Å². The summed E-state index contributed by atoms with van der Waals surface area (Å²) in [6.07, 6.45) is 1.52. The summed E-state index contributed by atoms with van der Waals surface area (Å²) in [6, 6.07) is 0. The quantitative estimate of drug-likeness (QED) is 0.629. The first kappa shape index (κ1) is 18.3. The maximum absolute atomic E-state index is 12.8. The van der Waals surface area contributed by atoms with Crippen LogP contribution in [0.25, 0.3) is 0 Å². The molecule has 8 nitrogen and oxygen atoms in total. The fourth-order valence-corrected chi connectivity index (χ4v) is 2.61. The monoisotopic (exact) mass is 334 g/mol. The van der Waals surface area contributed by atoms with Crippen molar-refractivity contribution in [1.29, 1.82) is 0 Å². The van der Waals surface area contributed by atoms with Gasteiger partial charge in [-0.2, -0.15) is 5.10 Å². The SMILES string of the molecule is CC#CCN(CN1CCNCC1)c1c(N)cnn(CCOC)c1=O. The number of nitrogen functional groups attached to an aromatic ring is 1. The molecule has 24 heavy (non-hydrogen) atoms. The van der Waals surface area contributed by atoms with Gasteiger partial charge in [-0.3, -0.25) is 9.69 Å². The van der Waals surface area contributed by atoms with Crippen molar-refractivity contribution in [2.45, 2.75) is 13.5 Å². The normalized spacial score (nSPS) is 14.9. The molecular weight excluding hydrogens is 308 g/mol. The van der Waals surface area contributed by atoms with Gasteiger partial charge in [-0.15, -0.1) is 5.92 Å². The van der Waals surface area contributed by atoms with Gasteiger partial charge in [0.25, 0.3) is 5.56 Å². The van der Waals surface area contributed by atoms with Crippen LogP contribution in [0.1, 0.15) is 6.92 Å². The second kappa shape index (κ2) is 9.27. The third kappa shape index (κ3) is 4.71. The van der Waals surface area contributed by atoms with Gasteiger partial charge in [0.1, 0.15) is 5.69 Å². The molecule has 1 aliphatic rings. The minimum Gasteiger partial charge on any atom is -0.396 e. The van der Waals surface area contributed by atoms with Crippen LogP contribution in [-0.4, -0.2) is 67.8 Å². The van der Waals surface area contributed by atoms with Gasteiger partial charge in [0.15, 0.2) is 0 Å². The van der Waals surface area contributed by atoms with Crippen molar-refractivity contribution in [3.8, 4) is 11.8 Å². The summed E-state index contributed by atoms with van der Waals surface area (Å²) in [6.45, 7) is 7.41. The fraction of sp³-hybridized carbons (Fsp3) is 0.625. The van der Waals surface area contributed by atoms with E-state index in [-0.39, 0.29) is 5.56 Å². The lowest BCUT2D eigenvalue weighted by atomic mass is 10.3. The van der Waals surface area contributed by atoms with E-state index in [1.807, 2.05) is 4.90 Å². The molecule has 0 bridgehead atoms. The largest absolute Gasteiger partial charge is 0.396 e. The molecule has 2 rings (SSSR count). The van der Waals surface area contributed by atoms with Crippen molar-refractivity contribution in [2.24, 2.45) is 0 Å². The predicted octanol–water partition coefficient (Wildman–Crippen LogP) is -0.836. The number of nitrogens with zero attached hydrogens (tertiary/aromatic N) is 4. The van der Waals surface area contributed by atoms with Gasteiger partial charge in [-0.1, -0.05) is 5.92 Å². The van der Waals surface area contributed by atoms with E-state index in [0.29, 0.717) is 37.7 Å². The van der Waals surface area contributed by atoms with E-state index in [9.17, 15) is 4.79 Å². The number of rotatable bonds is 7. The first-order valence-electron chi connectivity index (χ1n) is 8.09. The van der Waals surface area contributed by atoms with E-state index in [0.717, 1.165) is 26.2 Å². The molecular formula is C16H26N6O2. The lowest BCUT2D eigenvalue weighted by Gasteiger charge is -2.33. The van der Waals surface area contributed by atoms with Gasteiger partial charge in [-0.25, -0.2) is 4.68 Å². The Kier molecular flexibility index (Phi) is 7.06. The number of aromatic nitrogens is 2. The number of piperazine rings is 1. The van der Waals surface area contributed by atoms with E-state index in [1.165, 1.54) is 10.9 Å². The number of hydrogen-bond donors (Lipinski definition) is 2. The highest BCUT2D eigenvalue weighted by Crippen LogP contribution is 2.17. The molecule has 1 aliphatic heterocycles. The molecule has 1 aromatic rings. The fourth-order valence-electron chi connectivity index (χ4n) is 2.61. The number of anilines is 2. The van der Waals surface area contributed by atoms with Crippen molar-refractivity contribution >= 4 is 11.4 Å². The Hall–Kier alpha value is -2.08. The van der Waals surface area contributed by atoms with E-state index >= 15 is 0 Å². The summed E-state index contributed by atoms with van der Waals surface area (Å²) < 4.78 is 6.42. The average molecular weight is 334 g/mol. The first-order valence-corrected chi connectivity index (χ1v) is 8.09. The molecule has 0 amide bonds. The van der Waals surface area contributed by atoms with Crippen molar-refractivity contribution in [3.05, 3.63) is 16.6 Å². The molecule has 0 saturated carbocycles. The molecule has 0 spiro atoms. The Morgan fingerprint density at radius 2 is 2.21 bits per heavy atom. The van der Waals surface area contributed by atoms with Crippen molar-refractivity contribution in [1.82, 2.24) is 20.0 Å². The lowest BCUT2D eigenvalue weighted by molar-refractivity contribution is 0.182. The molecule has 0 aromatic carbocycles. The van der Waals surface area contributed by atoms with E-state index in [2.05, 4.69) is 27.2 Å². The molecule has 0 unspecified atom stereocenters. The van der Waals surface area contributed by atoms with Crippen LogP contribution in [0.5, 0.6) is 0 Å². The van der Waals surface area contributed by atoms with Gasteiger partial charge in [-0.05, 0) is 6.92 Å². The zero-order valence-electron chi connectivity index (χ0n) is 14.4. The Bertz CT molecular complexity index is 642. The van der Waals surface area contributed by atoms with Gasteiger partial charge in [0, 0.05) is 33.3 Å². The summed E-state index contributed by atoms with van der Waals surface area (Å²) in [7, 11) is 1.59. The van der Waals surface area contributed by atoms with E-state index in [4.69, 9.17) is 10.5 Å². The number of nitrogens with two attached hydrogens (primary N) is 1. The molecule has 1 aromatic heterocycles. The lowest BCUT2D eigenvalue weighted by Crippen LogP contribution is -2.49. The molecule has 2 heterocycles. The van der Waals surface area contributed by atoms with Gasteiger partial charge < -0.3 is 20.7 Å². The number of ether oxygens (including phenoxy) is 1. The van der Waals surface area contributed by atoms with E-state index in [1.54, 1.807) is 14.0 Å². The maximum Gasteiger partial charge on any atom is 0.292 e. The third-order valence-corrected chi connectivity index (χ3v) is 3.90. The maximum atomic E-state index is 12.8. The van der Waals surface area contributed by atoms with Crippen LogP contribution in [0, 0.1) is 11.8 Å². The van der Waals surface area contributed by atoms with Gasteiger partial charge in [0.2, 0.25) is 0 Å². The standard InChI is InChI=1S/C16H26N6O2/c1-3-4-7-21(13-20-8-5-18-6-9-20)15-14(17)12-19-22(16(15)23)10-11-24-2/h12,18H,5-11,13,17H2,1-2H3. The Labute approximate surface area is 142 Å². The summed E-state index contributed by atoms with van der Waals surface area (Å²) in [5, 5.41) is 7.42. The molecule has 1 fully saturated rings. The molecule has 1 saturated heterocycles. The second-order valence-corrected chi connectivity index (χ2v) is 5.60. The zero-order chi connectivity index (χ0) is 17.4. The summed E-state index contributed by atoms with van der Waals surface area (Å²) in [5.74, 6) is 5.92. The second-order valence-electron chi connectivity index (χ2n) is 5.60. The molecule has 3 N–H and O–H groups in total. The molecule has 132 valence electrons. The van der Waals surface area contributed by atoms with Crippen molar-refractivity contribution in [3.63, 3.8) is 0 Å². The summed E-state index contributed by atoms with van der Waals surface area (Å²) in [5.41, 5.74) is 6.70. The number of hydrogen-bond acceptors (Lipinski definition) is 7. The predicted molar refractivity (Wildman–Crippen MR) is 94.9 cm³/mol. The zero-order valence-corrected chi connectivity index (χ0v) is 14.4. The minimum atomic E-state index is -0.208. The minimum absolute atomic E-state index is 0.208. The smallest absolute Gasteiger partial charge is 0.292 e. The first-order chi connectivity index (χ1) is 11.7. The van der Waals surface area contributed by atoms with Gasteiger partial charge in [0.05, 0.1) is 38.2 Å². The molecule has 0 atom stereocenters. The number of nitrogens with one attached hydrogen (secondary N) is 1. The summed E-state index contributed by atoms with van der Waals surface area (Å²) in [4.78, 5) is 17.0. The van der Waals surface area contributed by atoms with Crippen LogP contribution < -0.4 is 21.5 Å². The van der Waals surface area contributed by atoms with Crippen LogP contribution >= 0.6 is 0 Å². The highest BCUT2D eigenvalue weighted by molar-refractivity contribution is 5.65.